The van der Waals surface area contributed by atoms with Crippen LogP contribution in [0.1, 0.15) is 16.1 Å². The Kier molecular flexibility index (Phi) is 3.42. The van der Waals surface area contributed by atoms with Crippen molar-refractivity contribution in [3.63, 3.8) is 0 Å². The van der Waals surface area contributed by atoms with E-state index in [9.17, 15) is 4.79 Å². The number of aromatic nitrogens is 2. The molecule has 1 amide bonds. The first-order valence-corrected chi connectivity index (χ1v) is 9.00. The van der Waals surface area contributed by atoms with Crippen molar-refractivity contribution in [1.82, 2.24) is 19.8 Å². The summed E-state index contributed by atoms with van der Waals surface area (Å²) < 4.78 is 2.11. The maximum Gasteiger partial charge on any atom is 0.272 e. The van der Waals surface area contributed by atoms with Crippen LogP contribution >= 0.6 is 11.6 Å². The van der Waals surface area contributed by atoms with Crippen LogP contribution in [0.2, 0.25) is 5.02 Å². The molecule has 0 bridgehead atoms. The molecule has 1 aromatic carbocycles. The fraction of sp³-hybridized carbons (Fsp3) is 0.200. The summed E-state index contributed by atoms with van der Waals surface area (Å²) in [5.41, 5.74) is 3.31. The highest BCUT2D eigenvalue weighted by molar-refractivity contribution is 6.30. The van der Waals surface area contributed by atoms with E-state index in [-0.39, 0.29) is 5.91 Å². The quantitative estimate of drug-likeness (QED) is 0.760. The Labute approximate surface area is 156 Å². The van der Waals surface area contributed by atoms with E-state index < -0.39 is 5.66 Å². The first-order valence-electron chi connectivity index (χ1n) is 8.62. The Bertz CT molecular complexity index is 983. The van der Waals surface area contributed by atoms with Gasteiger partial charge in [0.05, 0.1) is 6.54 Å². The Hall–Kier alpha value is -2.63. The van der Waals surface area contributed by atoms with Gasteiger partial charge in [-0.1, -0.05) is 23.7 Å². The van der Waals surface area contributed by atoms with Crippen molar-refractivity contribution in [2.75, 3.05) is 13.1 Å². The number of fused-ring (bicyclic) bond motifs is 2. The molecule has 0 saturated carbocycles. The van der Waals surface area contributed by atoms with Gasteiger partial charge in [-0.2, -0.15) is 0 Å². The fourth-order valence-corrected chi connectivity index (χ4v) is 4.24. The van der Waals surface area contributed by atoms with Crippen LogP contribution in [0.3, 0.4) is 0 Å². The molecule has 5 nitrogen and oxygen atoms in total. The van der Waals surface area contributed by atoms with Crippen molar-refractivity contribution >= 4 is 17.5 Å². The van der Waals surface area contributed by atoms with E-state index in [0.29, 0.717) is 18.1 Å². The fourth-order valence-electron chi connectivity index (χ4n) is 4.12. The summed E-state index contributed by atoms with van der Waals surface area (Å²) >= 11 is 6.08. The Balaban J connectivity index is 1.67. The highest BCUT2D eigenvalue weighted by Gasteiger charge is 2.49. The lowest BCUT2D eigenvalue weighted by molar-refractivity contribution is 0.0400. The van der Waals surface area contributed by atoms with Gasteiger partial charge in [-0.3, -0.25) is 15.1 Å². The number of hydrogen-bond donors (Lipinski definition) is 1. The smallest absolute Gasteiger partial charge is 0.272 e. The molecule has 130 valence electrons. The zero-order valence-corrected chi connectivity index (χ0v) is 14.8. The summed E-state index contributed by atoms with van der Waals surface area (Å²) in [5, 5.41) is 4.27. The van der Waals surface area contributed by atoms with Crippen LogP contribution in [-0.4, -0.2) is 33.4 Å². The lowest BCUT2D eigenvalue weighted by atomic mass is 9.95. The molecule has 0 spiro atoms. The predicted octanol–water partition coefficient (Wildman–Crippen LogP) is 3.12. The summed E-state index contributed by atoms with van der Waals surface area (Å²) in [7, 11) is 0. The van der Waals surface area contributed by atoms with Crippen LogP contribution in [0.4, 0.5) is 0 Å². The summed E-state index contributed by atoms with van der Waals surface area (Å²) in [4.78, 5) is 19.3. The third kappa shape index (κ3) is 2.14. The average Bonchev–Trinajstić information content (AvgIpc) is 3.28. The normalized spacial score (nSPS) is 21.6. The molecule has 1 saturated heterocycles. The number of halogens is 1. The summed E-state index contributed by atoms with van der Waals surface area (Å²) in [6, 6.07) is 15.6. The maximum atomic E-state index is 13.2. The van der Waals surface area contributed by atoms with Crippen molar-refractivity contribution < 1.29 is 4.79 Å². The molecule has 6 heteroatoms. The van der Waals surface area contributed by atoms with Gasteiger partial charge in [0.1, 0.15) is 11.4 Å². The molecule has 1 N–H and O–H groups in total. The van der Waals surface area contributed by atoms with Gasteiger partial charge in [0.2, 0.25) is 0 Å². The standard InChI is InChI=1S/C20H17ClN4O/c21-16-3-1-15(2-4-16)20-13-24-17(14-7-9-22-10-8-14)5-6-18(24)19(26)25(20)12-11-23-20/h1-10,23H,11-13H2. The van der Waals surface area contributed by atoms with Crippen LogP contribution in [0, 0.1) is 0 Å². The van der Waals surface area contributed by atoms with E-state index in [2.05, 4.69) is 14.9 Å². The number of rotatable bonds is 2. The van der Waals surface area contributed by atoms with Gasteiger partial charge in [0, 0.05) is 41.8 Å². The molecule has 2 aliphatic heterocycles. The van der Waals surface area contributed by atoms with E-state index in [1.54, 1.807) is 12.4 Å². The van der Waals surface area contributed by atoms with E-state index in [1.165, 1.54) is 0 Å². The second-order valence-electron chi connectivity index (χ2n) is 6.68. The van der Waals surface area contributed by atoms with Crippen LogP contribution in [-0.2, 0) is 12.2 Å². The second kappa shape index (κ2) is 5.69. The number of carbonyl (C=O) groups excluding carboxylic acids is 1. The molecule has 1 unspecified atom stereocenters. The summed E-state index contributed by atoms with van der Waals surface area (Å²) in [6.45, 7) is 2.11. The van der Waals surface area contributed by atoms with Gasteiger partial charge in [0.25, 0.3) is 5.91 Å². The number of carbonyl (C=O) groups is 1. The van der Waals surface area contributed by atoms with Crippen LogP contribution in [0.5, 0.6) is 0 Å². The SMILES string of the molecule is O=C1c2ccc(-c3ccncc3)n2CC2(c3ccc(Cl)cc3)NCCN12. The average molecular weight is 365 g/mol. The molecule has 4 heterocycles. The highest BCUT2D eigenvalue weighted by Crippen LogP contribution is 2.39. The zero-order valence-electron chi connectivity index (χ0n) is 14.0. The first kappa shape index (κ1) is 15.6. The van der Waals surface area contributed by atoms with Crippen LogP contribution < -0.4 is 5.32 Å². The summed E-state index contributed by atoms with van der Waals surface area (Å²) in [6.07, 6.45) is 3.55. The molecule has 2 aliphatic rings. The third-order valence-electron chi connectivity index (χ3n) is 5.34. The van der Waals surface area contributed by atoms with E-state index in [4.69, 9.17) is 11.6 Å². The maximum absolute atomic E-state index is 13.2. The zero-order chi connectivity index (χ0) is 17.7. The van der Waals surface area contributed by atoms with Gasteiger partial charge in [-0.15, -0.1) is 0 Å². The van der Waals surface area contributed by atoms with Gasteiger partial charge in [-0.25, -0.2) is 0 Å². The van der Waals surface area contributed by atoms with Crippen molar-refractivity contribution in [2.24, 2.45) is 0 Å². The number of pyridine rings is 1. The van der Waals surface area contributed by atoms with E-state index >= 15 is 0 Å². The molecule has 1 fully saturated rings. The third-order valence-corrected chi connectivity index (χ3v) is 5.60. The Morgan fingerprint density at radius 1 is 1.00 bits per heavy atom. The van der Waals surface area contributed by atoms with Gasteiger partial charge in [0.15, 0.2) is 0 Å². The Morgan fingerprint density at radius 2 is 1.73 bits per heavy atom. The van der Waals surface area contributed by atoms with Gasteiger partial charge < -0.3 is 9.47 Å². The summed E-state index contributed by atoms with van der Waals surface area (Å²) in [5.74, 6) is 0.0523. The number of benzene rings is 1. The van der Waals surface area contributed by atoms with Crippen LogP contribution in [0.25, 0.3) is 11.3 Å². The van der Waals surface area contributed by atoms with Crippen LogP contribution in [0.15, 0.2) is 60.9 Å². The molecule has 3 aromatic rings. The van der Waals surface area contributed by atoms with E-state index in [1.807, 2.05) is 53.4 Å². The topological polar surface area (TPSA) is 50.2 Å². The highest BCUT2D eigenvalue weighted by atomic mass is 35.5. The van der Waals surface area contributed by atoms with Crippen molar-refractivity contribution in [2.45, 2.75) is 12.2 Å². The van der Waals surface area contributed by atoms with Gasteiger partial charge in [-0.05, 0) is 42.0 Å². The van der Waals surface area contributed by atoms with Crippen molar-refractivity contribution in [3.8, 4) is 11.3 Å². The Morgan fingerprint density at radius 3 is 2.50 bits per heavy atom. The van der Waals surface area contributed by atoms with E-state index in [0.717, 1.165) is 29.1 Å². The first-order chi connectivity index (χ1) is 12.7. The van der Waals surface area contributed by atoms with Crippen molar-refractivity contribution in [3.05, 3.63) is 77.2 Å². The minimum Gasteiger partial charge on any atom is -0.332 e. The molecule has 2 aromatic heterocycles. The lowest BCUT2D eigenvalue weighted by Gasteiger charge is -2.43. The largest absolute Gasteiger partial charge is 0.332 e. The monoisotopic (exact) mass is 364 g/mol. The number of amides is 1. The minimum absolute atomic E-state index is 0.0523. The molecular formula is C20H17ClN4O. The number of nitrogens with zero attached hydrogens (tertiary/aromatic N) is 3. The van der Waals surface area contributed by atoms with Crippen molar-refractivity contribution in [1.29, 1.82) is 0 Å². The molecule has 26 heavy (non-hydrogen) atoms. The molecule has 5 rings (SSSR count). The van der Waals surface area contributed by atoms with Gasteiger partial charge >= 0.3 is 0 Å². The predicted molar refractivity (Wildman–Crippen MR) is 99.8 cm³/mol. The molecule has 0 aliphatic carbocycles. The minimum atomic E-state index is -0.546. The number of nitrogens with one attached hydrogen (secondary N) is 1. The molecule has 1 atom stereocenters. The molecule has 0 radical (unpaired) electrons. The lowest BCUT2D eigenvalue weighted by Crippen LogP contribution is -2.57. The molecular weight excluding hydrogens is 348 g/mol. The number of hydrogen-bond acceptors (Lipinski definition) is 3. The second-order valence-corrected chi connectivity index (χ2v) is 7.11.